The van der Waals surface area contributed by atoms with Crippen molar-refractivity contribution in [2.75, 3.05) is 12.4 Å². The number of benzene rings is 2. The maximum Gasteiger partial charge on any atom is 0.253 e. The minimum atomic E-state index is -0.0800. The molecule has 2 aromatic carbocycles. The molecule has 1 heterocycles. The molecule has 0 saturated carbocycles. The van der Waals surface area contributed by atoms with Crippen molar-refractivity contribution in [3.8, 4) is 5.75 Å². The lowest BCUT2D eigenvalue weighted by molar-refractivity contribution is 0.415. The van der Waals surface area contributed by atoms with Crippen molar-refractivity contribution in [1.29, 1.82) is 0 Å². The van der Waals surface area contributed by atoms with Gasteiger partial charge in [-0.2, -0.15) is 0 Å². The molecule has 0 aliphatic carbocycles. The van der Waals surface area contributed by atoms with Crippen LogP contribution in [0.4, 0.5) is 5.69 Å². The molecular weight excluding hydrogens is 288 g/mol. The van der Waals surface area contributed by atoms with Crippen molar-refractivity contribution in [2.45, 2.75) is 20.4 Å². The van der Waals surface area contributed by atoms with Crippen LogP contribution in [-0.2, 0) is 6.54 Å². The smallest absolute Gasteiger partial charge is 0.253 e. The Bertz CT molecular complexity index is 913. The maximum atomic E-state index is 12.3. The summed E-state index contributed by atoms with van der Waals surface area (Å²) in [4.78, 5) is 15.2. The van der Waals surface area contributed by atoms with Gasteiger partial charge in [-0.3, -0.25) is 4.79 Å². The Morgan fingerprint density at radius 1 is 1.09 bits per heavy atom. The average Bonchev–Trinajstić information content (AvgIpc) is 2.55. The molecule has 0 atom stereocenters. The van der Waals surface area contributed by atoms with Gasteiger partial charge in [0.2, 0.25) is 0 Å². The fraction of sp³-hybridized carbons (Fsp3) is 0.211. The summed E-state index contributed by atoms with van der Waals surface area (Å²) in [5.74, 6) is 0.731. The molecule has 1 aromatic heterocycles. The highest BCUT2D eigenvalue weighted by molar-refractivity contribution is 5.80. The zero-order chi connectivity index (χ0) is 16.4. The molecule has 3 rings (SSSR count). The Morgan fingerprint density at radius 3 is 2.70 bits per heavy atom. The highest BCUT2D eigenvalue weighted by atomic mass is 16.5. The van der Waals surface area contributed by atoms with Gasteiger partial charge in [0.05, 0.1) is 12.6 Å². The van der Waals surface area contributed by atoms with Crippen molar-refractivity contribution >= 4 is 16.6 Å². The number of aromatic nitrogens is 1. The third-order valence-electron chi connectivity index (χ3n) is 3.99. The number of rotatable bonds is 4. The number of methoxy groups -OCH3 is 1. The number of fused-ring (bicyclic) bond motifs is 1. The average molecular weight is 308 g/mol. The highest BCUT2D eigenvalue weighted by Crippen LogP contribution is 2.20. The zero-order valence-electron chi connectivity index (χ0n) is 13.6. The van der Waals surface area contributed by atoms with Crippen LogP contribution < -0.4 is 15.6 Å². The van der Waals surface area contributed by atoms with E-state index in [4.69, 9.17) is 4.74 Å². The minimum absolute atomic E-state index is 0.0800. The lowest BCUT2D eigenvalue weighted by Gasteiger charge is -2.11. The number of hydrogen-bond donors (Lipinski definition) is 2. The van der Waals surface area contributed by atoms with E-state index in [-0.39, 0.29) is 5.56 Å². The van der Waals surface area contributed by atoms with Crippen LogP contribution in [0.5, 0.6) is 5.75 Å². The van der Waals surface area contributed by atoms with Crippen molar-refractivity contribution in [2.24, 2.45) is 0 Å². The first-order chi connectivity index (χ1) is 11.1. The summed E-state index contributed by atoms with van der Waals surface area (Å²) in [6.07, 6.45) is 0. The van der Waals surface area contributed by atoms with Crippen molar-refractivity contribution in [3.05, 3.63) is 69.5 Å². The molecule has 4 nitrogen and oxygen atoms in total. The molecule has 0 saturated heterocycles. The van der Waals surface area contributed by atoms with Gasteiger partial charge in [-0.1, -0.05) is 12.1 Å². The largest absolute Gasteiger partial charge is 0.497 e. The molecule has 118 valence electrons. The van der Waals surface area contributed by atoms with Crippen LogP contribution in [0.15, 0.2) is 47.3 Å². The van der Waals surface area contributed by atoms with Crippen molar-refractivity contribution in [1.82, 2.24) is 4.98 Å². The van der Waals surface area contributed by atoms with Gasteiger partial charge in [-0.05, 0) is 54.6 Å². The number of pyridine rings is 1. The number of aryl methyl sites for hydroxylation is 2. The lowest BCUT2D eigenvalue weighted by atomic mass is 10.1. The van der Waals surface area contributed by atoms with Gasteiger partial charge < -0.3 is 15.0 Å². The molecule has 0 bridgehead atoms. The summed E-state index contributed by atoms with van der Waals surface area (Å²) in [5, 5.41) is 4.34. The first kappa shape index (κ1) is 15.2. The van der Waals surface area contributed by atoms with Gasteiger partial charge >= 0.3 is 0 Å². The fourth-order valence-electron chi connectivity index (χ4n) is 2.60. The van der Waals surface area contributed by atoms with Crippen LogP contribution in [0, 0.1) is 13.8 Å². The molecule has 23 heavy (non-hydrogen) atoms. The van der Waals surface area contributed by atoms with Gasteiger partial charge in [0.1, 0.15) is 5.75 Å². The SMILES string of the molecule is COc1ccc2cc(CNc3cc(C)ccc3C)c(=O)[nH]c2c1. The topological polar surface area (TPSA) is 54.1 Å². The number of H-pyrrole nitrogens is 1. The monoisotopic (exact) mass is 308 g/mol. The second kappa shape index (κ2) is 6.16. The van der Waals surface area contributed by atoms with E-state index in [9.17, 15) is 4.79 Å². The summed E-state index contributed by atoms with van der Waals surface area (Å²) in [7, 11) is 1.61. The van der Waals surface area contributed by atoms with Crippen LogP contribution in [0.1, 0.15) is 16.7 Å². The van der Waals surface area contributed by atoms with E-state index in [2.05, 4.69) is 42.3 Å². The number of aromatic amines is 1. The summed E-state index contributed by atoms with van der Waals surface area (Å²) >= 11 is 0. The minimum Gasteiger partial charge on any atom is -0.497 e. The van der Waals surface area contributed by atoms with E-state index in [0.717, 1.165) is 27.9 Å². The first-order valence-electron chi connectivity index (χ1n) is 7.58. The summed E-state index contributed by atoms with van der Waals surface area (Å²) < 4.78 is 5.19. The summed E-state index contributed by atoms with van der Waals surface area (Å²) in [6, 6.07) is 13.8. The van der Waals surface area contributed by atoms with Crippen LogP contribution in [0.3, 0.4) is 0 Å². The second-order valence-electron chi connectivity index (χ2n) is 5.75. The molecule has 0 amide bonds. The van der Waals surface area contributed by atoms with E-state index in [1.807, 2.05) is 24.3 Å². The number of nitrogens with one attached hydrogen (secondary N) is 2. The Morgan fingerprint density at radius 2 is 1.91 bits per heavy atom. The molecule has 4 heteroatoms. The van der Waals surface area contributed by atoms with E-state index in [1.54, 1.807) is 7.11 Å². The van der Waals surface area contributed by atoms with Gasteiger partial charge in [0.15, 0.2) is 0 Å². The Balaban J connectivity index is 1.89. The molecule has 2 N–H and O–H groups in total. The molecule has 0 aliphatic rings. The van der Waals surface area contributed by atoms with Crippen molar-refractivity contribution < 1.29 is 4.74 Å². The molecule has 3 aromatic rings. The van der Waals surface area contributed by atoms with Crippen LogP contribution >= 0.6 is 0 Å². The van der Waals surface area contributed by atoms with E-state index in [0.29, 0.717) is 12.1 Å². The Labute approximate surface area is 135 Å². The Kier molecular flexibility index (Phi) is 4.06. The number of anilines is 1. The van der Waals surface area contributed by atoms with E-state index in [1.165, 1.54) is 5.56 Å². The molecule has 0 aliphatic heterocycles. The summed E-state index contributed by atoms with van der Waals surface area (Å²) in [5.41, 5.74) is 4.83. The quantitative estimate of drug-likeness (QED) is 0.771. The zero-order valence-corrected chi connectivity index (χ0v) is 13.6. The van der Waals surface area contributed by atoms with Gasteiger partial charge in [-0.25, -0.2) is 0 Å². The summed E-state index contributed by atoms with van der Waals surface area (Å²) in [6.45, 7) is 4.60. The lowest BCUT2D eigenvalue weighted by Crippen LogP contribution is -2.16. The van der Waals surface area contributed by atoms with E-state index >= 15 is 0 Å². The number of ether oxygens (including phenoxy) is 1. The molecule has 0 fully saturated rings. The molecule has 0 radical (unpaired) electrons. The standard InChI is InChI=1S/C19H20N2O2/c1-12-4-5-13(2)17(8-12)20-11-15-9-14-6-7-16(23-3)10-18(14)21-19(15)22/h4-10,20H,11H2,1-3H3,(H,21,22). The van der Waals surface area contributed by atoms with E-state index < -0.39 is 0 Å². The molecular formula is C19H20N2O2. The van der Waals surface area contributed by atoms with Crippen LogP contribution in [0.25, 0.3) is 10.9 Å². The molecule has 0 unspecified atom stereocenters. The first-order valence-corrected chi connectivity index (χ1v) is 7.58. The van der Waals surface area contributed by atoms with Crippen molar-refractivity contribution in [3.63, 3.8) is 0 Å². The third-order valence-corrected chi connectivity index (χ3v) is 3.99. The second-order valence-corrected chi connectivity index (χ2v) is 5.75. The molecule has 0 spiro atoms. The highest BCUT2D eigenvalue weighted by Gasteiger charge is 2.05. The van der Waals surface area contributed by atoms with Crippen LogP contribution in [-0.4, -0.2) is 12.1 Å². The normalized spacial score (nSPS) is 10.7. The number of hydrogen-bond acceptors (Lipinski definition) is 3. The maximum absolute atomic E-state index is 12.3. The predicted octanol–water partition coefficient (Wildman–Crippen LogP) is 3.77. The third kappa shape index (κ3) is 3.21. The van der Waals surface area contributed by atoms with Gasteiger partial charge in [0.25, 0.3) is 5.56 Å². The van der Waals surface area contributed by atoms with Gasteiger partial charge in [0, 0.05) is 23.9 Å². The fourth-order valence-corrected chi connectivity index (χ4v) is 2.60. The van der Waals surface area contributed by atoms with Crippen LogP contribution in [0.2, 0.25) is 0 Å². The Hall–Kier alpha value is -2.75. The van der Waals surface area contributed by atoms with Gasteiger partial charge in [-0.15, -0.1) is 0 Å². The predicted molar refractivity (Wildman–Crippen MR) is 94.4 cm³/mol.